The van der Waals surface area contributed by atoms with E-state index in [0.717, 1.165) is 33.2 Å². The van der Waals surface area contributed by atoms with Crippen LogP contribution in [0.1, 0.15) is 30.5 Å². The zero-order valence-corrected chi connectivity index (χ0v) is 28.3. The molecule has 1 aliphatic carbocycles. The highest BCUT2D eigenvalue weighted by molar-refractivity contribution is 5.93. The number of fused-ring (bicyclic) bond motifs is 4. The molecule has 0 aliphatic heterocycles. The van der Waals surface area contributed by atoms with Crippen molar-refractivity contribution in [3.63, 3.8) is 0 Å². The van der Waals surface area contributed by atoms with Crippen molar-refractivity contribution < 1.29 is 0 Å². The topological polar surface area (TPSA) is 62.5 Å². The minimum absolute atomic E-state index is 0.175. The summed E-state index contributed by atoms with van der Waals surface area (Å²) in [6.45, 7) is 4.50. The van der Waals surface area contributed by atoms with E-state index in [9.17, 15) is 5.26 Å². The van der Waals surface area contributed by atoms with Gasteiger partial charge in [-0.15, -0.1) is 0 Å². The van der Waals surface area contributed by atoms with Gasteiger partial charge in [-0.2, -0.15) is 5.26 Å². The second-order valence-corrected chi connectivity index (χ2v) is 13.6. The molecule has 0 spiro atoms. The molecule has 8 aromatic rings. The van der Waals surface area contributed by atoms with Crippen molar-refractivity contribution in [1.29, 1.82) is 5.26 Å². The van der Waals surface area contributed by atoms with Crippen LogP contribution in [-0.2, 0) is 5.41 Å². The van der Waals surface area contributed by atoms with Crippen LogP contribution in [0.3, 0.4) is 0 Å². The lowest BCUT2D eigenvalue weighted by Crippen LogP contribution is -2.15. The Morgan fingerprint density at radius 2 is 1.00 bits per heavy atom. The molecule has 0 N–H and O–H groups in total. The van der Waals surface area contributed by atoms with Crippen molar-refractivity contribution in [3.8, 4) is 73.6 Å². The Morgan fingerprint density at radius 3 is 1.69 bits per heavy atom. The van der Waals surface area contributed by atoms with E-state index in [1.807, 2.05) is 36.4 Å². The van der Waals surface area contributed by atoms with Crippen LogP contribution in [0.25, 0.3) is 78.3 Å². The first-order chi connectivity index (χ1) is 25.0. The molecule has 1 aromatic heterocycles. The molecule has 0 atom stereocenters. The molecule has 1 heterocycles. The van der Waals surface area contributed by atoms with Gasteiger partial charge in [0.1, 0.15) is 0 Å². The van der Waals surface area contributed by atoms with Crippen molar-refractivity contribution >= 4 is 10.8 Å². The van der Waals surface area contributed by atoms with Gasteiger partial charge in [-0.25, -0.2) is 15.0 Å². The zero-order valence-electron chi connectivity index (χ0n) is 28.3. The fourth-order valence-corrected chi connectivity index (χ4v) is 7.43. The molecular weight excluding hydrogens is 621 g/mol. The molecule has 4 nitrogen and oxygen atoms in total. The van der Waals surface area contributed by atoms with Gasteiger partial charge >= 0.3 is 0 Å². The maximum atomic E-state index is 9.56. The van der Waals surface area contributed by atoms with Crippen molar-refractivity contribution in [3.05, 3.63) is 174 Å². The number of rotatable bonds is 5. The van der Waals surface area contributed by atoms with E-state index in [4.69, 9.17) is 15.0 Å². The van der Waals surface area contributed by atoms with Gasteiger partial charge in [0.05, 0.1) is 11.6 Å². The van der Waals surface area contributed by atoms with Crippen LogP contribution in [0.15, 0.2) is 158 Å². The van der Waals surface area contributed by atoms with Gasteiger partial charge in [-0.1, -0.05) is 153 Å². The predicted octanol–water partition coefficient (Wildman–Crippen LogP) is 11.5. The van der Waals surface area contributed by atoms with E-state index in [-0.39, 0.29) is 5.41 Å². The standard InChI is InChI=1S/C47H32N4/c1-47(2)41-14-8-13-39(43(41)40-26-15-30(29-48)27-42(40)47)34-21-16-32(17-22-34)33-18-23-36(24-19-33)45-49-44(35-10-4-3-5-11-35)50-46(51-45)38-25-20-31-9-6-7-12-37(31)28-38/h3-28H,1-2H3. The maximum absolute atomic E-state index is 9.56. The molecule has 0 amide bonds. The number of hydrogen-bond donors (Lipinski definition) is 0. The van der Waals surface area contributed by atoms with Gasteiger partial charge in [-0.3, -0.25) is 0 Å². The second kappa shape index (κ2) is 12.0. The first-order valence-corrected chi connectivity index (χ1v) is 17.2. The molecule has 0 radical (unpaired) electrons. The number of benzene rings is 7. The van der Waals surface area contributed by atoms with Gasteiger partial charge in [0, 0.05) is 22.1 Å². The summed E-state index contributed by atoms with van der Waals surface area (Å²) in [6.07, 6.45) is 0. The van der Waals surface area contributed by atoms with Crippen molar-refractivity contribution in [1.82, 2.24) is 15.0 Å². The number of nitrogens with zero attached hydrogens (tertiary/aromatic N) is 4. The Labute approximate surface area is 297 Å². The van der Waals surface area contributed by atoms with E-state index < -0.39 is 0 Å². The van der Waals surface area contributed by atoms with Crippen molar-refractivity contribution in [2.45, 2.75) is 19.3 Å². The van der Waals surface area contributed by atoms with Crippen LogP contribution in [0.2, 0.25) is 0 Å². The lowest BCUT2D eigenvalue weighted by Gasteiger charge is -2.21. The monoisotopic (exact) mass is 652 g/mol. The first-order valence-electron chi connectivity index (χ1n) is 17.2. The Bertz CT molecular complexity index is 2650. The summed E-state index contributed by atoms with van der Waals surface area (Å²) in [6, 6.07) is 57.0. The molecule has 0 fully saturated rings. The predicted molar refractivity (Wildman–Crippen MR) is 207 cm³/mol. The van der Waals surface area contributed by atoms with Gasteiger partial charge in [-0.05, 0) is 73.5 Å². The molecule has 0 saturated carbocycles. The van der Waals surface area contributed by atoms with Crippen LogP contribution >= 0.6 is 0 Å². The Hall–Kier alpha value is -6.70. The normalized spacial score (nSPS) is 12.6. The highest BCUT2D eigenvalue weighted by Gasteiger charge is 2.37. The molecule has 0 unspecified atom stereocenters. The van der Waals surface area contributed by atoms with E-state index in [1.165, 1.54) is 38.8 Å². The highest BCUT2D eigenvalue weighted by atomic mass is 15.0. The third kappa shape index (κ3) is 5.28. The van der Waals surface area contributed by atoms with Crippen LogP contribution in [-0.4, -0.2) is 15.0 Å². The van der Waals surface area contributed by atoms with Gasteiger partial charge in [0.25, 0.3) is 0 Å². The zero-order chi connectivity index (χ0) is 34.5. The van der Waals surface area contributed by atoms with Crippen LogP contribution in [0, 0.1) is 11.3 Å². The summed E-state index contributed by atoms with van der Waals surface area (Å²) in [4.78, 5) is 14.8. The van der Waals surface area contributed by atoms with E-state index in [2.05, 4.69) is 141 Å². The van der Waals surface area contributed by atoms with Gasteiger partial charge in [0.2, 0.25) is 0 Å². The lowest BCUT2D eigenvalue weighted by molar-refractivity contribution is 0.660. The first kappa shape index (κ1) is 30.4. The second-order valence-electron chi connectivity index (χ2n) is 13.6. The molecule has 4 heteroatoms. The molecule has 9 rings (SSSR count). The molecule has 0 saturated heterocycles. The minimum Gasteiger partial charge on any atom is -0.208 e. The molecule has 0 bridgehead atoms. The minimum atomic E-state index is -0.175. The SMILES string of the molecule is CC1(C)c2cc(C#N)ccc2-c2c(-c3ccc(-c4ccc(-c5nc(-c6ccccc6)nc(-c6ccc7ccccc7c6)n5)cc4)cc3)cccc21. The third-order valence-corrected chi connectivity index (χ3v) is 10.2. The largest absolute Gasteiger partial charge is 0.208 e. The molecule has 51 heavy (non-hydrogen) atoms. The summed E-state index contributed by atoms with van der Waals surface area (Å²) in [7, 11) is 0. The Morgan fingerprint density at radius 1 is 0.431 bits per heavy atom. The average Bonchev–Trinajstić information content (AvgIpc) is 3.43. The number of hydrogen-bond acceptors (Lipinski definition) is 4. The van der Waals surface area contributed by atoms with Crippen molar-refractivity contribution in [2.75, 3.05) is 0 Å². The summed E-state index contributed by atoms with van der Waals surface area (Å²) < 4.78 is 0. The molecule has 1 aliphatic rings. The average molecular weight is 653 g/mol. The van der Waals surface area contributed by atoms with Gasteiger partial charge in [0.15, 0.2) is 17.5 Å². The van der Waals surface area contributed by atoms with Crippen LogP contribution in [0.4, 0.5) is 0 Å². The molecular formula is C47H32N4. The lowest BCUT2D eigenvalue weighted by atomic mass is 9.81. The quantitative estimate of drug-likeness (QED) is 0.186. The van der Waals surface area contributed by atoms with E-state index in [1.54, 1.807) is 0 Å². The van der Waals surface area contributed by atoms with Crippen LogP contribution in [0.5, 0.6) is 0 Å². The number of aromatic nitrogens is 3. The molecule has 240 valence electrons. The smallest absolute Gasteiger partial charge is 0.164 e. The summed E-state index contributed by atoms with van der Waals surface area (Å²) in [5.74, 6) is 1.93. The fourth-order valence-electron chi connectivity index (χ4n) is 7.43. The van der Waals surface area contributed by atoms with E-state index in [0.29, 0.717) is 23.0 Å². The maximum Gasteiger partial charge on any atom is 0.164 e. The van der Waals surface area contributed by atoms with Gasteiger partial charge < -0.3 is 0 Å². The molecule has 7 aromatic carbocycles. The summed E-state index contributed by atoms with van der Waals surface area (Å²) in [5, 5.41) is 11.9. The Balaban J connectivity index is 1.05. The van der Waals surface area contributed by atoms with Crippen LogP contribution < -0.4 is 0 Å². The van der Waals surface area contributed by atoms with E-state index >= 15 is 0 Å². The van der Waals surface area contributed by atoms with Crippen molar-refractivity contribution in [2.24, 2.45) is 0 Å². The summed E-state index contributed by atoms with van der Waals surface area (Å²) in [5.41, 5.74) is 12.9. The summed E-state index contributed by atoms with van der Waals surface area (Å²) >= 11 is 0. The highest BCUT2D eigenvalue weighted by Crippen LogP contribution is 2.52. The third-order valence-electron chi connectivity index (χ3n) is 10.2. The fraction of sp³-hybridized carbons (Fsp3) is 0.0638. The Kier molecular flexibility index (Phi) is 7.15. The number of nitriles is 1.